The molecule has 1 atom stereocenters. The zero-order valence-corrected chi connectivity index (χ0v) is 9.01. The molecule has 0 radical (unpaired) electrons. The Bertz CT molecular complexity index is 306. The Labute approximate surface area is 89.8 Å². The van der Waals surface area contributed by atoms with Crippen molar-refractivity contribution in [3.8, 4) is 0 Å². The first kappa shape index (κ1) is 9.82. The van der Waals surface area contributed by atoms with Crippen LogP contribution in [0.25, 0.3) is 0 Å². The van der Waals surface area contributed by atoms with E-state index >= 15 is 0 Å². The van der Waals surface area contributed by atoms with Gasteiger partial charge in [0.2, 0.25) is 0 Å². The molecule has 2 rings (SSSR count). The highest BCUT2D eigenvalue weighted by Crippen LogP contribution is 2.16. The smallest absolute Gasteiger partial charge is 0.153 e. The van der Waals surface area contributed by atoms with Gasteiger partial charge in [-0.2, -0.15) is 0 Å². The Morgan fingerprint density at radius 2 is 2.36 bits per heavy atom. The molecule has 0 saturated carbocycles. The summed E-state index contributed by atoms with van der Waals surface area (Å²) in [5.74, 6) is 0.670. The maximum atomic E-state index is 9.61. The van der Waals surface area contributed by atoms with Crippen LogP contribution in [0.4, 0.5) is 5.82 Å². The van der Waals surface area contributed by atoms with Gasteiger partial charge in [-0.05, 0) is 28.1 Å². The van der Waals surface area contributed by atoms with Crippen molar-refractivity contribution in [1.29, 1.82) is 0 Å². The Balaban J connectivity index is 2.16. The van der Waals surface area contributed by atoms with E-state index in [1.54, 1.807) is 11.0 Å². The lowest BCUT2D eigenvalue weighted by molar-refractivity contribution is 0.00574. The van der Waals surface area contributed by atoms with Gasteiger partial charge in [0, 0.05) is 6.54 Å². The highest BCUT2D eigenvalue weighted by atomic mass is 79.9. The maximum absolute atomic E-state index is 9.61. The summed E-state index contributed by atoms with van der Waals surface area (Å²) < 4.78 is 5.79. The molecule has 0 amide bonds. The molecule has 5 nitrogen and oxygen atoms in total. The summed E-state index contributed by atoms with van der Waals surface area (Å²) in [5, 5.41) is 17.4. The van der Waals surface area contributed by atoms with Crippen LogP contribution in [0.1, 0.15) is 0 Å². The van der Waals surface area contributed by atoms with Gasteiger partial charge >= 0.3 is 0 Å². The molecule has 1 saturated heterocycles. The van der Waals surface area contributed by atoms with E-state index in [0.717, 1.165) is 0 Å². The van der Waals surface area contributed by atoms with Crippen LogP contribution in [0, 0.1) is 0 Å². The second-order valence-corrected chi connectivity index (χ2v) is 3.78. The topological polar surface area (TPSA) is 58.5 Å². The molecule has 1 aliphatic heterocycles. The number of anilines is 1. The molecule has 76 valence electrons. The van der Waals surface area contributed by atoms with Crippen LogP contribution >= 0.6 is 15.9 Å². The van der Waals surface area contributed by atoms with Gasteiger partial charge in [0.15, 0.2) is 12.0 Å². The predicted molar refractivity (Wildman–Crippen MR) is 53.9 cm³/mol. The van der Waals surface area contributed by atoms with E-state index in [1.165, 1.54) is 0 Å². The zero-order valence-electron chi connectivity index (χ0n) is 7.43. The number of ether oxygens (including phenoxy) is 1. The van der Waals surface area contributed by atoms with Gasteiger partial charge < -0.3 is 14.7 Å². The van der Waals surface area contributed by atoms with Crippen molar-refractivity contribution >= 4 is 21.7 Å². The second-order valence-electron chi connectivity index (χ2n) is 2.96. The molecule has 1 aromatic heterocycles. The fourth-order valence-corrected chi connectivity index (χ4v) is 1.53. The average Bonchev–Trinajstić information content (AvgIpc) is 2.20. The summed E-state index contributed by atoms with van der Waals surface area (Å²) in [6, 6.07) is 3.61. The van der Waals surface area contributed by atoms with Gasteiger partial charge in [-0.1, -0.05) is 0 Å². The number of hydrogen-bond donors (Lipinski definition) is 1. The van der Waals surface area contributed by atoms with Crippen LogP contribution in [0.15, 0.2) is 16.7 Å². The van der Waals surface area contributed by atoms with Crippen LogP contribution in [0.3, 0.4) is 0 Å². The number of aliphatic hydroxyl groups is 1. The Kier molecular flexibility index (Phi) is 2.95. The molecular weight excluding hydrogens is 250 g/mol. The van der Waals surface area contributed by atoms with Gasteiger partial charge in [-0.25, -0.2) is 0 Å². The van der Waals surface area contributed by atoms with Gasteiger partial charge in [0.05, 0.1) is 13.2 Å². The Hall–Kier alpha value is -0.720. The van der Waals surface area contributed by atoms with E-state index in [4.69, 9.17) is 4.74 Å². The average molecular weight is 260 g/mol. The van der Waals surface area contributed by atoms with Crippen LogP contribution in [0.2, 0.25) is 0 Å². The molecule has 0 aliphatic carbocycles. The van der Waals surface area contributed by atoms with Crippen molar-refractivity contribution in [2.24, 2.45) is 0 Å². The van der Waals surface area contributed by atoms with Crippen LogP contribution in [0.5, 0.6) is 0 Å². The van der Waals surface area contributed by atoms with Gasteiger partial charge in [0.1, 0.15) is 4.60 Å². The van der Waals surface area contributed by atoms with Crippen molar-refractivity contribution in [3.63, 3.8) is 0 Å². The van der Waals surface area contributed by atoms with Crippen molar-refractivity contribution in [3.05, 3.63) is 16.7 Å². The minimum atomic E-state index is -0.626. The summed E-state index contributed by atoms with van der Waals surface area (Å²) >= 11 is 3.21. The second kappa shape index (κ2) is 4.20. The van der Waals surface area contributed by atoms with Crippen molar-refractivity contribution in [2.75, 3.05) is 24.7 Å². The first-order valence-corrected chi connectivity index (χ1v) is 5.08. The number of morpholine rings is 1. The fourth-order valence-electron chi connectivity index (χ4n) is 1.32. The third-order valence-corrected chi connectivity index (χ3v) is 2.44. The number of nitrogens with zero attached hydrogens (tertiary/aromatic N) is 3. The van der Waals surface area contributed by atoms with E-state index < -0.39 is 6.23 Å². The third kappa shape index (κ3) is 2.02. The first-order valence-electron chi connectivity index (χ1n) is 4.29. The fraction of sp³-hybridized carbons (Fsp3) is 0.500. The molecule has 2 heterocycles. The lowest BCUT2D eigenvalue weighted by Crippen LogP contribution is -2.45. The molecule has 0 spiro atoms. The summed E-state index contributed by atoms with van der Waals surface area (Å²) in [7, 11) is 0. The van der Waals surface area contributed by atoms with Crippen LogP contribution in [-0.4, -0.2) is 41.3 Å². The summed E-state index contributed by atoms with van der Waals surface area (Å²) in [6.45, 7) is 1.56. The lowest BCUT2D eigenvalue weighted by Gasteiger charge is -2.32. The number of rotatable bonds is 1. The summed E-state index contributed by atoms with van der Waals surface area (Å²) in [5.41, 5.74) is 0. The van der Waals surface area contributed by atoms with Crippen LogP contribution < -0.4 is 4.90 Å². The molecular formula is C8H10BrN3O2. The molecule has 1 N–H and O–H groups in total. The SMILES string of the molecule is OC1COCCN1c1ccc(Br)nn1. The Morgan fingerprint density at radius 1 is 1.50 bits per heavy atom. The lowest BCUT2D eigenvalue weighted by atomic mass is 10.3. The van der Waals surface area contributed by atoms with Crippen LogP contribution in [-0.2, 0) is 4.74 Å². The number of halogens is 1. The van der Waals surface area contributed by atoms with Crippen molar-refractivity contribution < 1.29 is 9.84 Å². The van der Waals surface area contributed by atoms with E-state index in [-0.39, 0.29) is 0 Å². The van der Waals surface area contributed by atoms with E-state index in [9.17, 15) is 5.11 Å². The third-order valence-electron chi connectivity index (χ3n) is 2.02. The molecule has 0 bridgehead atoms. The highest BCUT2D eigenvalue weighted by molar-refractivity contribution is 9.10. The van der Waals surface area contributed by atoms with Gasteiger partial charge in [-0.3, -0.25) is 0 Å². The minimum Gasteiger partial charge on any atom is -0.375 e. The van der Waals surface area contributed by atoms with Gasteiger partial charge in [-0.15, -0.1) is 10.2 Å². The molecule has 1 aromatic rings. The van der Waals surface area contributed by atoms with E-state index in [0.29, 0.717) is 30.2 Å². The normalized spacial score (nSPS) is 22.4. The molecule has 1 unspecified atom stereocenters. The maximum Gasteiger partial charge on any atom is 0.153 e. The minimum absolute atomic E-state index is 0.317. The monoisotopic (exact) mass is 259 g/mol. The predicted octanol–water partition coefficient (Wildman–Crippen LogP) is 0.394. The number of hydrogen-bond acceptors (Lipinski definition) is 5. The molecule has 1 fully saturated rings. The first-order chi connectivity index (χ1) is 6.77. The van der Waals surface area contributed by atoms with Crippen molar-refractivity contribution in [2.45, 2.75) is 6.23 Å². The molecule has 14 heavy (non-hydrogen) atoms. The summed E-state index contributed by atoms with van der Waals surface area (Å²) in [6.07, 6.45) is -0.626. The highest BCUT2D eigenvalue weighted by Gasteiger charge is 2.21. The zero-order chi connectivity index (χ0) is 9.97. The van der Waals surface area contributed by atoms with Gasteiger partial charge in [0.25, 0.3) is 0 Å². The van der Waals surface area contributed by atoms with E-state index in [2.05, 4.69) is 26.1 Å². The molecule has 0 aromatic carbocycles. The molecule has 1 aliphatic rings. The molecule has 6 heteroatoms. The van der Waals surface area contributed by atoms with Crippen molar-refractivity contribution in [1.82, 2.24) is 10.2 Å². The van der Waals surface area contributed by atoms with E-state index in [1.807, 2.05) is 6.07 Å². The number of aliphatic hydroxyl groups excluding tert-OH is 1. The number of aromatic nitrogens is 2. The standard InChI is InChI=1S/C8H10BrN3O2/c9-6-1-2-7(11-10-6)12-3-4-14-5-8(12)13/h1-2,8,13H,3-5H2. The quantitative estimate of drug-likeness (QED) is 0.791. The summed E-state index contributed by atoms with van der Waals surface area (Å²) in [4.78, 5) is 1.77. The Morgan fingerprint density at radius 3 is 3.00 bits per heavy atom. The largest absolute Gasteiger partial charge is 0.375 e.